The predicted octanol–water partition coefficient (Wildman–Crippen LogP) is 2.92. The number of hydrogen-bond donors (Lipinski definition) is 1. The lowest BCUT2D eigenvalue weighted by molar-refractivity contribution is 0.208. The summed E-state index contributed by atoms with van der Waals surface area (Å²) in [4.78, 5) is 6.72. The van der Waals surface area contributed by atoms with Crippen molar-refractivity contribution in [3.8, 4) is 0 Å². The van der Waals surface area contributed by atoms with Gasteiger partial charge in [-0.05, 0) is 42.4 Å². The molecule has 1 aliphatic heterocycles. The topological polar surface area (TPSA) is 27.6 Å². The summed E-state index contributed by atoms with van der Waals surface area (Å²) < 4.78 is 13.1. The molecule has 3 nitrogen and oxygen atoms in total. The van der Waals surface area contributed by atoms with Crippen molar-refractivity contribution in [2.24, 2.45) is 16.8 Å². The van der Waals surface area contributed by atoms with Gasteiger partial charge in [0.1, 0.15) is 5.82 Å². The first-order chi connectivity index (χ1) is 10.1. The number of benzene rings is 1. The summed E-state index contributed by atoms with van der Waals surface area (Å²) in [5.41, 5.74) is 1.01. The number of guanidine groups is 1. The molecule has 1 aromatic rings. The van der Waals surface area contributed by atoms with Crippen molar-refractivity contribution in [2.75, 3.05) is 26.7 Å². The van der Waals surface area contributed by atoms with Crippen molar-refractivity contribution in [1.29, 1.82) is 0 Å². The Hall–Kier alpha value is -1.58. The Morgan fingerprint density at radius 3 is 2.67 bits per heavy atom. The number of halogens is 1. The van der Waals surface area contributed by atoms with Gasteiger partial charge in [0.25, 0.3) is 0 Å². The number of likely N-dealkylation sites (tertiary alicyclic amines) is 1. The molecule has 0 spiro atoms. The summed E-state index contributed by atoms with van der Waals surface area (Å²) in [6, 6.07) is 6.79. The summed E-state index contributed by atoms with van der Waals surface area (Å²) in [6.45, 7) is 7.48. The fourth-order valence-corrected chi connectivity index (χ4v) is 3.18. The van der Waals surface area contributed by atoms with E-state index in [0.717, 1.165) is 37.6 Å². The molecule has 116 valence electrons. The predicted molar refractivity (Wildman–Crippen MR) is 86.0 cm³/mol. The average molecular weight is 291 g/mol. The van der Waals surface area contributed by atoms with Gasteiger partial charge in [-0.3, -0.25) is 4.99 Å². The molecule has 0 amide bonds. The molecule has 0 aromatic heterocycles. The van der Waals surface area contributed by atoms with Gasteiger partial charge in [-0.1, -0.05) is 26.0 Å². The summed E-state index contributed by atoms with van der Waals surface area (Å²) in [5, 5.41) is 3.40. The molecular weight excluding hydrogens is 265 g/mol. The molecule has 1 saturated heterocycles. The molecule has 2 unspecified atom stereocenters. The van der Waals surface area contributed by atoms with Crippen LogP contribution >= 0.6 is 0 Å². The largest absolute Gasteiger partial charge is 0.356 e. The van der Waals surface area contributed by atoms with Crippen LogP contribution in [0.4, 0.5) is 4.39 Å². The zero-order chi connectivity index (χ0) is 15.2. The third kappa shape index (κ3) is 4.73. The van der Waals surface area contributed by atoms with Gasteiger partial charge < -0.3 is 10.2 Å². The second kappa shape index (κ2) is 7.43. The van der Waals surface area contributed by atoms with E-state index in [9.17, 15) is 4.39 Å². The fraction of sp³-hybridized carbons (Fsp3) is 0.588. The minimum atomic E-state index is -0.171. The van der Waals surface area contributed by atoms with E-state index in [2.05, 4.69) is 29.1 Å². The Balaban J connectivity index is 1.85. The minimum Gasteiger partial charge on any atom is -0.356 e. The van der Waals surface area contributed by atoms with Crippen LogP contribution in [0.1, 0.15) is 25.8 Å². The van der Waals surface area contributed by atoms with Crippen LogP contribution < -0.4 is 5.32 Å². The number of piperidine rings is 1. The maximum atomic E-state index is 13.1. The van der Waals surface area contributed by atoms with E-state index in [-0.39, 0.29) is 5.82 Å². The van der Waals surface area contributed by atoms with Crippen LogP contribution in [0.25, 0.3) is 0 Å². The van der Waals surface area contributed by atoms with Crippen LogP contribution in [0.15, 0.2) is 29.3 Å². The monoisotopic (exact) mass is 291 g/mol. The lowest BCUT2D eigenvalue weighted by Crippen LogP contribution is -2.48. The molecule has 1 fully saturated rings. The van der Waals surface area contributed by atoms with Crippen molar-refractivity contribution in [2.45, 2.75) is 26.7 Å². The molecule has 1 aliphatic rings. The first-order valence-corrected chi connectivity index (χ1v) is 7.78. The summed E-state index contributed by atoms with van der Waals surface area (Å²) >= 11 is 0. The third-order valence-electron chi connectivity index (χ3n) is 3.97. The van der Waals surface area contributed by atoms with Gasteiger partial charge in [-0.25, -0.2) is 4.39 Å². The van der Waals surface area contributed by atoms with Crippen LogP contribution in [0.5, 0.6) is 0 Å². The van der Waals surface area contributed by atoms with Crippen molar-refractivity contribution < 1.29 is 4.39 Å². The van der Waals surface area contributed by atoms with E-state index in [4.69, 9.17) is 0 Å². The summed E-state index contributed by atoms with van der Waals surface area (Å²) in [7, 11) is 1.83. The maximum Gasteiger partial charge on any atom is 0.193 e. The number of aliphatic imine (C=N–C) groups is 1. The molecule has 2 rings (SSSR count). The molecule has 1 aromatic carbocycles. The van der Waals surface area contributed by atoms with Crippen LogP contribution in [0.2, 0.25) is 0 Å². The standard InChI is InChI=1S/C17H26FN3/c1-13-9-14(2)12-21(11-13)17(19-3)20-8-7-15-5-4-6-16(18)10-15/h4-6,10,13-14H,7-9,11-12H2,1-3H3,(H,19,20). The molecule has 0 saturated carbocycles. The maximum absolute atomic E-state index is 13.1. The smallest absolute Gasteiger partial charge is 0.193 e. The molecule has 0 aliphatic carbocycles. The highest BCUT2D eigenvalue weighted by Gasteiger charge is 2.23. The fourth-order valence-electron chi connectivity index (χ4n) is 3.18. The Labute approximate surface area is 127 Å². The third-order valence-corrected chi connectivity index (χ3v) is 3.97. The average Bonchev–Trinajstić information content (AvgIpc) is 2.42. The Kier molecular flexibility index (Phi) is 5.59. The highest BCUT2D eigenvalue weighted by atomic mass is 19.1. The van der Waals surface area contributed by atoms with Gasteiger partial charge in [0.15, 0.2) is 5.96 Å². The Bertz CT molecular complexity index is 477. The second-order valence-electron chi connectivity index (χ2n) is 6.20. The van der Waals surface area contributed by atoms with E-state index >= 15 is 0 Å². The van der Waals surface area contributed by atoms with Gasteiger partial charge in [0.2, 0.25) is 0 Å². The molecule has 2 atom stereocenters. The lowest BCUT2D eigenvalue weighted by Gasteiger charge is -2.37. The van der Waals surface area contributed by atoms with Gasteiger partial charge in [-0.15, -0.1) is 0 Å². The Morgan fingerprint density at radius 1 is 1.33 bits per heavy atom. The molecule has 1 heterocycles. The van der Waals surface area contributed by atoms with E-state index in [1.54, 1.807) is 12.1 Å². The van der Waals surface area contributed by atoms with Crippen molar-refractivity contribution >= 4 is 5.96 Å². The molecule has 4 heteroatoms. The SMILES string of the molecule is CN=C(NCCc1cccc(F)c1)N1CC(C)CC(C)C1. The normalized spacial score (nSPS) is 23.2. The minimum absolute atomic E-state index is 0.171. The number of rotatable bonds is 3. The quantitative estimate of drug-likeness (QED) is 0.685. The van der Waals surface area contributed by atoms with Crippen molar-refractivity contribution in [3.63, 3.8) is 0 Å². The highest BCUT2D eigenvalue weighted by molar-refractivity contribution is 5.80. The van der Waals surface area contributed by atoms with Gasteiger partial charge in [0.05, 0.1) is 0 Å². The van der Waals surface area contributed by atoms with Crippen LogP contribution in [0.3, 0.4) is 0 Å². The van der Waals surface area contributed by atoms with Crippen LogP contribution in [-0.2, 0) is 6.42 Å². The van der Waals surface area contributed by atoms with E-state index in [0.29, 0.717) is 11.8 Å². The second-order valence-corrected chi connectivity index (χ2v) is 6.20. The molecule has 1 N–H and O–H groups in total. The number of nitrogens with zero attached hydrogens (tertiary/aromatic N) is 2. The van der Waals surface area contributed by atoms with E-state index in [1.807, 2.05) is 13.1 Å². The van der Waals surface area contributed by atoms with Crippen molar-refractivity contribution in [1.82, 2.24) is 10.2 Å². The van der Waals surface area contributed by atoms with Gasteiger partial charge in [-0.2, -0.15) is 0 Å². The van der Waals surface area contributed by atoms with E-state index in [1.165, 1.54) is 12.5 Å². The van der Waals surface area contributed by atoms with Gasteiger partial charge >= 0.3 is 0 Å². The summed E-state index contributed by atoms with van der Waals surface area (Å²) in [5.74, 6) is 2.20. The van der Waals surface area contributed by atoms with E-state index < -0.39 is 0 Å². The van der Waals surface area contributed by atoms with Gasteiger partial charge in [0, 0.05) is 26.7 Å². The first-order valence-electron chi connectivity index (χ1n) is 7.78. The molecule has 0 radical (unpaired) electrons. The Morgan fingerprint density at radius 2 is 2.05 bits per heavy atom. The molecule has 0 bridgehead atoms. The zero-order valence-electron chi connectivity index (χ0n) is 13.3. The molecular formula is C17H26FN3. The number of hydrogen-bond acceptors (Lipinski definition) is 1. The lowest BCUT2D eigenvalue weighted by atomic mass is 9.92. The highest BCUT2D eigenvalue weighted by Crippen LogP contribution is 2.20. The summed E-state index contributed by atoms with van der Waals surface area (Å²) in [6.07, 6.45) is 2.09. The zero-order valence-corrected chi connectivity index (χ0v) is 13.3. The molecule has 21 heavy (non-hydrogen) atoms. The van der Waals surface area contributed by atoms with Crippen LogP contribution in [0, 0.1) is 17.7 Å². The van der Waals surface area contributed by atoms with Crippen LogP contribution in [-0.4, -0.2) is 37.5 Å². The first kappa shape index (κ1) is 15.8. The number of nitrogens with one attached hydrogen (secondary N) is 1. The van der Waals surface area contributed by atoms with Crippen molar-refractivity contribution in [3.05, 3.63) is 35.6 Å².